The lowest BCUT2D eigenvalue weighted by molar-refractivity contribution is -0.138. The van der Waals surface area contributed by atoms with Crippen LogP contribution in [0.15, 0.2) is 24.3 Å². The highest BCUT2D eigenvalue weighted by Gasteiger charge is 2.44. The first kappa shape index (κ1) is 16.3. The van der Waals surface area contributed by atoms with E-state index in [1.165, 1.54) is 19.1 Å². The van der Waals surface area contributed by atoms with Gasteiger partial charge in [-0.15, -0.1) is 0 Å². The van der Waals surface area contributed by atoms with Crippen LogP contribution < -0.4 is 10.6 Å². The predicted octanol–water partition coefficient (Wildman–Crippen LogP) is 2.20. The van der Waals surface area contributed by atoms with Gasteiger partial charge in [-0.05, 0) is 18.1 Å². The van der Waals surface area contributed by atoms with E-state index in [4.69, 9.17) is 0 Å². The highest BCUT2D eigenvalue weighted by atomic mass is 19.4. The van der Waals surface area contributed by atoms with Crippen LogP contribution in [0.5, 0.6) is 0 Å². The van der Waals surface area contributed by atoms with Gasteiger partial charge in [0.2, 0.25) is 11.8 Å². The molecule has 2 atom stereocenters. The molecule has 4 nitrogen and oxygen atoms in total. The number of amides is 2. The molecule has 2 N–H and O–H groups in total. The molecule has 0 saturated heterocycles. The SMILES string of the molecule is CC(=O)NCCC(=O)NC1CC1c1ccccc1C(F)(F)F. The molecule has 1 aromatic rings. The number of halogens is 3. The molecule has 0 bridgehead atoms. The van der Waals surface area contributed by atoms with E-state index in [9.17, 15) is 22.8 Å². The van der Waals surface area contributed by atoms with Crippen molar-refractivity contribution in [3.8, 4) is 0 Å². The summed E-state index contributed by atoms with van der Waals surface area (Å²) in [6.07, 6.45) is -3.78. The van der Waals surface area contributed by atoms with Gasteiger partial charge in [-0.2, -0.15) is 13.2 Å². The molecule has 7 heteroatoms. The van der Waals surface area contributed by atoms with Gasteiger partial charge in [-0.1, -0.05) is 18.2 Å². The van der Waals surface area contributed by atoms with Crippen molar-refractivity contribution in [2.24, 2.45) is 0 Å². The smallest absolute Gasteiger partial charge is 0.356 e. The van der Waals surface area contributed by atoms with Crippen LogP contribution in [-0.2, 0) is 15.8 Å². The van der Waals surface area contributed by atoms with E-state index in [1.807, 2.05) is 0 Å². The summed E-state index contributed by atoms with van der Waals surface area (Å²) in [4.78, 5) is 22.3. The lowest BCUT2D eigenvalue weighted by Crippen LogP contribution is -2.31. The standard InChI is InChI=1S/C15H17F3N2O2/c1-9(21)19-7-6-14(22)20-13-8-11(13)10-4-2-3-5-12(10)15(16,17)18/h2-5,11,13H,6-8H2,1H3,(H,19,21)(H,20,22). The molecule has 0 heterocycles. The van der Waals surface area contributed by atoms with Gasteiger partial charge in [0.25, 0.3) is 0 Å². The Kier molecular flexibility index (Phi) is 4.73. The molecule has 2 unspecified atom stereocenters. The van der Waals surface area contributed by atoms with Gasteiger partial charge < -0.3 is 10.6 Å². The molecule has 1 aliphatic carbocycles. The molecule has 1 aromatic carbocycles. The molecule has 2 rings (SSSR count). The first-order valence-corrected chi connectivity index (χ1v) is 6.99. The Hall–Kier alpha value is -2.05. The first-order chi connectivity index (χ1) is 10.3. The van der Waals surface area contributed by atoms with Gasteiger partial charge in [0.05, 0.1) is 5.56 Å². The van der Waals surface area contributed by atoms with Crippen molar-refractivity contribution >= 4 is 11.8 Å². The normalized spacial score (nSPS) is 20.4. The molecular formula is C15H17F3N2O2. The van der Waals surface area contributed by atoms with Gasteiger partial charge in [-0.25, -0.2) is 0 Å². The summed E-state index contributed by atoms with van der Waals surface area (Å²) in [5, 5.41) is 5.19. The fraction of sp³-hybridized carbons (Fsp3) is 0.467. The van der Waals surface area contributed by atoms with E-state index >= 15 is 0 Å². The highest BCUT2D eigenvalue weighted by Crippen LogP contribution is 2.46. The van der Waals surface area contributed by atoms with Crippen molar-refractivity contribution in [2.75, 3.05) is 6.54 Å². The third-order valence-corrected chi connectivity index (χ3v) is 3.53. The van der Waals surface area contributed by atoms with Crippen molar-refractivity contribution < 1.29 is 22.8 Å². The molecule has 1 saturated carbocycles. The fourth-order valence-electron chi connectivity index (χ4n) is 2.41. The van der Waals surface area contributed by atoms with Crippen molar-refractivity contribution in [1.82, 2.24) is 10.6 Å². The number of benzene rings is 1. The third kappa shape index (κ3) is 4.22. The van der Waals surface area contributed by atoms with Crippen LogP contribution in [0.3, 0.4) is 0 Å². The van der Waals surface area contributed by atoms with E-state index < -0.39 is 11.7 Å². The highest BCUT2D eigenvalue weighted by molar-refractivity contribution is 5.78. The number of carbonyl (C=O) groups is 2. The predicted molar refractivity (Wildman–Crippen MR) is 74.0 cm³/mol. The zero-order valence-corrected chi connectivity index (χ0v) is 12.0. The Balaban J connectivity index is 1.91. The summed E-state index contributed by atoms with van der Waals surface area (Å²) in [6.45, 7) is 1.57. The van der Waals surface area contributed by atoms with Crippen LogP contribution in [0, 0.1) is 0 Å². The minimum atomic E-state index is -4.39. The summed E-state index contributed by atoms with van der Waals surface area (Å²) in [5.41, 5.74) is -0.419. The third-order valence-electron chi connectivity index (χ3n) is 3.53. The number of hydrogen-bond donors (Lipinski definition) is 2. The van der Waals surface area contributed by atoms with Gasteiger partial charge >= 0.3 is 6.18 Å². The maximum atomic E-state index is 12.9. The monoisotopic (exact) mass is 314 g/mol. The summed E-state index contributed by atoms with van der Waals surface area (Å²) >= 11 is 0. The number of carbonyl (C=O) groups excluding carboxylic acids is 2. The molecule has 2 amide bonds. The van der Waals surface area contributed by atoms with Gasteiger partial charge in [0.15, 0.2) is 0 Å². The Morgan fingerprint density at radius 3 is 2.59 bits per heavy atom. The molecule has 1 aliphatic rings. The van der Waals surface area contributed by atoms with Crippen molar-refractivity contribution in [3.05, 3.63) is 35.4 Å². The van der Waals surface area contributed by atoms with Gasteiger partial charge in [0, 0.05) is 31.8 Å². The Bertz CT molecular complexity index is 572. The summed E-state index contributed by atoms with van der Waals surface area (Å²) in [7, 11) is 0. The zero-order chi connectivity index (χ0) is 16.3. The van der Waals surface area contributed by atoms with Crippen molar-refractivity contribution in [2.45, 2.75) is 37.9 Å². The molecule has 22 heavy (non-hydrogen) atoms. The second-order valence-corrected chi connectivity index (χ2v) is 5.33. The molecular weight excluding hydrogens is 297 g/mol. The molecule has 1 fully saturated rings. The minimum absolute atomic E-state index is 0.115. The van der Waals surface area contributed by atoms with E-state index in [-0.39, 0.29) is 42.3 Å². The van der Waals surface area contributed by atoms with Crippen LogP contribution in [0.4, 0.5) is 13.2 Å². The van der Waals surface area contributed by atoms with Gasteiger partial charge in [0.1, 0.15) is 0 Å². The number of alkyl halides is 3. The van der Waals surface area contributed by atoms with Crippen LogP contribution >= 0.6 is 0 Å². The molecule has 0 radical (unpaired) electrons. The summed E-state index contributed by atoms with van der Waals surface area (Å²) in [6, 6.07) is 5.17. The summed E-state index contributed by atoms with van der Waals surface area (Å²) < 4.78 is 38.8. The number of rotatable bonds is 5. The Morgan fingerprint density at radius 2 is 1.95 bits per heavy atom. The van der Waals surface area contributed by atoms with E-state index in [0.29, 0.717) is 6.42 Å². The lowest BCUT2D eigenvalue weighted by Gasteiger charge is -2.12. The molecule has 0 aromatic heterocycles. The largest absolute Gasteiger partial charge is 0.416 e. The Labute approximate surface area is 126 Å². The maximum Gasteiger partial charge on any atom is 0.416 e. The van der Waals surface area contributed by atoms with Crippen LogP contribution in [-0.4, -0.2) is 24.4 Å². The topological polar surface area (TPSA) is 58.2 Å². The molecule has 0 spiro atoms. The molecule has 120 valence electrons. The zero-order valence-electron chi connectivity index (χ0n) is 12.0. The molecule has 0 aliphatic heterocycles. The fourth-order valence-corrected chi connectivity index (χ4v) is 2.41. The number of nitrogens with one attached hydrogen (secondary N) is 2. The second kappa shape index (κ2) is 6.37. The van der Waals surface area contributed by atoms with Crippen LogP contribution in [0.25, 0.3) is 0 Å². The van der Waals surface area contributed by atoms with Gasteiger partial charge in [-0.3, -0.25) is 9.59 Å². The van der Waals surface area contributed by atoms with E-state index in [0.717, 1.165) is 6.07 Å². The average Bonchev–Trinajstić information content (AvgIpc) is 3.16. The van der Waals surface area contributed by atoms with Crippen LogP contribution in [0.2, 0.25) is 0 Å². The Morgan fingerprint density at radius 1 is 1.27 bits per heavy atom. The van der Waals surface area contributed by atoms with Crippen molar-refractivity contribution in [3.63, 3.8) is 0 Å². The average molecular weight is 314 g/mol. The maximum absolute atomic E-state index is 12.9. The second-order valence-electron chi connectivity index (χ2n) is 5.33. The summed E-state index contributed by atoms with van der Waals surface area (Å²) in [5.74, 6) is -0.801. The minimum Gasteiger partial charge on any atom is -0.356 e. The first-order valence-electron chi connectivity index (χ1n) is 6.99. The number of hydrogen-bond acceptors (Lipinski definition) is 2. The van der Waals surface area contributed by atoms with E-state index in [2.05, 4.69) is 10.6 Å². The van der Waals surface area contributed by atoms with Crippen molar-refractivity contribution in [1.29, 1.82) is 0 Å². The lowest BCUT2D eigenvalue weighted by atomic mass is 10.0. The van der Waals surface area contributed by atoms with E-state index in [1.54, 1.807) is 6.07 Å². The van der Waals surface area contributed by atoms with Crippen LogP contribution in [0.1, 0.15) is 36.8 Å². The quantitative estimate of drug-likeness (QED) is 0.875.